The topological polar surface area (TPSA) is 83.6 Å². The molecule has 0 amide bonds. The molecular formula is C13H16Cl2N2O3S. The molecule has 1 aliphatic carbocycles. The zero-order valence-electron chi connectivity index (χ0n) is 11.2. The molecule has 0 radical (unpaired) electrons. The van der Waals surface area contributed by atoms with Crippen LogP contribution in [0.2, 0.25) is 10.0 Å². The van der Waals surface area contributed by atoms with Gasteiger partial charge in [0.05, 0.1) is 21.8 Å². The molecule has 21 heavy (non-hydrogen) atoms. The Morgan fingerprint density at radius 1 is 1.24 bits per heavy atom. The minimum Gasteiger partial charge on any atom is -0.396 e. The summed E-state index contributed by atoms with van der Waals surface area (Å²) in [7, 11) is -3.72. The summed E-state index contributed by atoms with van der Waals surface area (Å²) in [6.07, 6.45) is 1.19. The largest absolute Gasteiger partial charge is 0.396 e. The molecule has 1 aromatic carbocycles. The molecule has 0 bridgehead atoms. The lowest BCUT2D eigenvalue weighted by Gasteiger charge is -2.19. The number of sulfonamides is 1. The maximum absolute atomic E-state index is 12.7. The Hall–Kier alpha value is -0.530. The number of anilines is 1. The monoisotopic (exact) mass is 350 g/mol. The molecule has 116 valence electrons. The third-order valence-electron chi connectivity index (χ3n) is 4.49. The number of benzene rings is 1. The van der Waals surface area contributed by atoms with Crippen molar-refractivity contribution in [1.82, 2.24) is 4.31 Å². The van der Waals surface area contributed by atoms with Gasteiger partial charge in [-0.2, -0.15) is 4.31 Å². The number of nitrogen functional groups attached to an aromatic ring is 1. The Kier molecular flexibility index (Phi) is 3.86. The molecule has 2 fully saturated rings. The van der Waals surface area contributed by atoms with Gasteiger partial charge in [-0.1, -0.05) is 23.2 Å². The van der Waals surface area contributed by atoms with Crippen LogP contribution in [0.15, 0.2) is 17.0 Å². The zero-order valence-corrected chi connectivity index (χ0v) is 13.5. The van der Waals surface area contributed by atoms with Crippen LogP contribution in [0.25, 0.3) is 0 Å². The van der Waals surface area contributed by atoms with Crippen molar-refractivity contribution in [2.75, 3.05) is 18.8 Å². The molecule has 1 aromatic rings. The van der Waals surface area contributed by atoms with E-state index in [-0.39, 0.29) is 32.5 Å². The third-order valence-corrected chi connectivity index (χ3v) is 7.22. The summed E-state index contributed by atoms with van der Waals surface area (Å²) in [5.74, 6) is 0.237. The van der Waals surface area contributed by atoms with Gasteiger partial charge in [-0.25, -0.2) is 8.42 Å². The Bertz CT molecular complexity index is 680. The normalized spacial score (nSPS) is 29.8. The standard InChI is InChI=1S/C13H16Cl2N2O3S/c14-9-2-4-11(12(15)13(9)16)21(19,20)17-5-7-1-3-10(18)8(7)6-17/h2,4,7-8,10,18H,1,3,5-6,16H2. The highest BCUT2D eigenvalue weighted by Crippen LogP contribution is 2.42. The van der Waals surface area contributed by atoms with Crippen LogP contribution in [0.3, 0.4) is 0 Å². The first kappa shape index (κ1) is 15.4. The zero-order chi connectivity index (χ0) is 15.4. The summed E-state index contributed by atoms with van der Waals surface area (Å²) in [6, 6.07) is 2.81. The van der Waals surface area contributed by atoms with Crippen molar-refractivity contribution in [2.24, 2.45) is 11.8 Å². The maximum Gasteiger partial charge on any atom is 0.244 e. The first-order valence-electron chi connectivity index (χ1n) is 6.74. The number of halogens is 2. The molecule has 8 heteroatoms. The number of aliphatic hydroxyl groups excluding tert-OH is 1. The number of aliphatic hydroxyl groups is 1. The molecule has 3 N–H and O–H groups in total. The summed E-state index contributed by atoms with van der Waals surface area (Å²) in [5.41, 5.74) is 5.77. The molecule has 0 aromatic heterocycles. The summed E-state index contributed by atoms with van der Waals surface area (Å²) in [5, 5.41) is 10.1. The van der Waals surface area contributed by atoms with Crippen molar-refractivity contribution in [3.63, 3.8) is 0 Å². The molecule has 3 rings (SSSR count). The summed E-state index contributed by atoms with van der Waals surface area (Å²) < 4.78 is 26.8. The number of nitrogens with two attached hydrogens (primary N) is 1. The van der Waals surface area contributed by atoms with Crippen LogP contribution in [0.5, 0.6) is 0 Å². The van der Waals surface area contributed by atoms with Gasteiger partial charge in [0.1, 0.15) is 4.90 Å². The Labute approximate surface area is 133 Å². The van der Waals surface area contributed by atoms with Crippen molar-refractivity contribution in [2.45, 2.75) is 23.8 Å². The van der Waals surface area contributed by atoms with E-state index in [1.54, 1.807) is 0 Å². The van der Waals surface area contributed by atoms with E-state index in [0.717, 1.165) is 12.8 Å². The van der Waals surface area contributed by atoms with Gasteiger partial charge in [-0.05, 0) is 30.9 Å². The number of rotatable bonds is 2. The van der Waals surface area contributed by atoms with Crippen molar-refractivity contribution >= 4 is 38.9 Å². The second kappa shape index (κ2) is 5.28. The highest BCUT2D eigenvalue weighted by Gasteiger charge is 2.46. The minimum absolute atomic E-state index is 0.0168. The highest BCUT2D eigenvalue weighted by atomic mass is 35.5. The quantitative estimate of drug-likeness (QED) is 0.798. The second-order valence-corrected chi connectivity index (χ2v) is 8.36. The van der Waals surface area contributed by atoms with Gasteiger partial charge in [-0.15, -0.1) is 0 Å². The van der Waals surface area contributed by atoms with Crippen LogP contribution in [0, 0.1) is 11.8 Å². The molecule has 3 unspecified atom stereocenters. The number of hydrogen-bond donors (Lipinski definition) is 2. The van der Waals surface area contributed by atoms with Crippen molar-refractivity contribution in [3.05, 3.63) is 22.2 Å². The Balaban J connectivity index is 1.94. The van der Waals surface area contributed by atoms with Crippen LogP contribution in [-0.4, -0.2) is 37.0 Å². The van der Waals surface area contributed by atoms with E-state index in [2.05, 4.69) is 0 Å². The first-order valence-corrected chi connectivity index (χ1v) is 8.93. The van der Waals surface area contributed by atoms with Gasteiger partial charge in [-0.3, -0.25) is 0 Å². The fourth-order valence-corrected chi connectivity index (χ4v) is 5.55. The number of nitrogens with zero attached hydrogens (tertiary/aromatic N) is 1. The van der Waals surface area contributed by atoms with Gasteiger partial charge >= 0.3 is 0 Å². The fourth-order valence-electron chi connectivity index (χ4n) is 3.28. The maximum atomic E-state index is 12.7. The first-order chi connectivity index (χ1) is 9.82. The summed E-state index contributed by atoms with van der Waals surface area (Å²) in [4.78, 5) is -0.0273. The Morgan fingerprint density at radius 3 is 2.62 bits per heavy atom. The van der Waals surface area contributed by atoms with E-state index in [1.165, 1.54) is 16.4 Å². The van der Waals surface area contributed by atoms with Gasteiger partial charge < -0.3 is 10.8 Å². The van der Waals surface area contributed by atoms with Gasteiger partial charge in [0, 0.05) is 19.0 Å². The number of hydrogen-bond acceptors (Lipinski definition) is 4. The molecule has 1 aliphatic heterocycles. The van der Waals surface area contributed by atoms with Crippen molar-refractivity contribution in [3.8, 4) is 0 Å². The van der Waals surface area contributed by atoms with Gasteiger partial charge in [0.2, 0.25) is 10.0 Å². The van der Waals surface area contributed by atoms with Crippen LogP contribution in [0.1, 0.15) is 12.8 Å². The molecule has 1 heterocycles. The van der Waals surface area contributed by atoms with Crippen molar-refractivity contribution in [1.29, 1.82) is 0 Å². The van der Waals surface area contributed by atoms with Crippen LogP contribution in [0.4, 0.5) is 5.69 Å². The molecule has 1 saturated carbocycles. The van der Waals surface area contributed by atoms with E-state index in [9.17, 15) is 13.5 Å². The lowest BCUT2D eigenvalue weighted by Crippen LogP contribution is -2.31. The molecule has 0 spiro atoms. The third kappa shape index (κ3) is 2.43. The van der Waals surface area contributed by atoms with Crippen LogP contribution >= 0.6 is 23.2 Å². The summed E-state index contributed by atoms with van der Waals surface area (Å²) in [6.45, 7) is 0.746. The minimum atomic E-state index is -3.72. The van der Waals surface area contributed by atoms with Crippen LogP contribution in [-0.2, 0) is 10.0 Å². The molecular weight excluding hydrogens is 335 g/mol. The molecule has 1 saturated heterocycles. The van der Waals surface area contributed by atoms with E-state index in [4.69, 9.17) is 28.9 Å². The van der Waals surface area contributed by atoms with Crippen LogP contribution < -0.4 is 5.73 Å². The second-order valence-electron chi connectivity index (χ2n) is 5.66. The van der Waals surface area contributed by atoms with E-state index in [1.807, 2.05) is 0 Å². The lowest BCUT2D eigenvalue weighted by molar-refractivity contribution is 0.129. The molecule has 3 atom stereocenters. The molecule has 5 nitrogen and oxygen atoms in total. The summed E-state index contributed by atoms with van der Waals surface area (Å²) >= 11 is 11.9. The Morgan fingerprint density at radius 2 is 1.95 bits per heavy atom. The number of fused-ring (bicyclic) bond motifs is 1. The smallest absolute Gasteiger partial charge is 0.244 e. The lowest BCUT2D eigenvalue weighted by atomic mass is 10.00. The van der Waals surface area contributed by atoms with Gasteiger partial charge in [0.15, 0.2) is 0 Å². The van der Waals surface area contributed by atoms with Gasteiger partial charge in [0.25, 0.3) is 0 Å². The predicted octanol–water partition coefficient (Wildman–Crippen LogP) is 1.97. The van der Waals surface area contributed by atoms with E-state index in [0.29, 0.717) is 13.1 Å². The fraction of sp³-hybridized carbons (Fsp3) is 0.538. The highest BCUT2D eigenvalue weighted by molar-refractivity contribution is 7.89. The SMILES string of the molecule is Nc1c(Cl)ccc(S(=O)(=O)N2CC3CCC(O)C3C2)c1Cl. The van der Waals surface area contributed by atoms with E-state index < -0.39 is 16.1 Å². The average Bonchev–Trinajstić information content (AvgIpc) is 2.99. The predicted molar refractivity (Wildman–Crippen MR) is 81.9 cm³/mol. The molecule has 2 aliphatic rings. The van der Waals surface area contributed by atoms with E-state index >= 15 is 0 Å². The van der Waals surface area contributed by atoms with Crippen molar-refractivity contribution < 1.29 is 13.5 Å². The average molecular weight is 351 g/mol.